The number of nitrogens with zero attached hydrogens (tertiary/aromatic N) is 1. The molecule has 1 aromatic rings. The highest BCUT2D eigenvalue weighted by atomic mass is 16.5. The molecule has 0 aliphatic carbocycles. The summed E-state index contributed by atoms with van der Waals surface area (Å²) in [6, 6.07) is 4.66. The van der Waals surface area contributed by atoms with E-state index in [1.807, 2.05) is 0 Å². The standard InChI is InChI=1S/C15H20N2O4/c1-21-12-7-5-6-11(14(12)19)15(20)16-10-13(18)17-8-3-2-4-9-17/h5-7,19H,2-4,8-10H2,1H3,(H,16,20). The second kappa shape index (κ2) is 6.97. The molecule has 0 aromatic heterocycles. The van der Waals surface area contributed by atoms with Crippen molar-refractivity contribution in [3.8, 4) is 11.5 Å². The van der Waals surface area contributed by atoms with Gasteiger partial charge < -0.3 is 20.1 Å². The molecule has 114 valence electrons. The SMILES string of the molecule is COc1cccc(C(=O)NCC(=O)N2CCCCC2)c1O. The first-order chi connectivity index (χ1) is 10.1. The Bertz CT molecular complexity index is 524. The number of phenols is 1. The van der Waals surface area contributed by atoms with Gasteiger partial charge in [0.25, 0.3) is 5.91 Å². The highest BCUT2D eigenvalue weighted by Crippen LogP contribution is 2.29. The van der Waals surface area contributed by atoms with Gasteiger partial charge in [-0.3, -0.25) is 9.59 Å². The van der Waals surface area contributed by atoms with E-state index in [-0.39, 0.29) is 29.5 Å². The second-order valence-corrected chi connectivity index (χ2v) is 4.98. The lowest BCUT2D eigenvalue weighted by Gasteiger charge is -2.26. The number of hydrogen-bond acceptors (Lipinski definition) is 4. The number of methoxy groups -OCH3 is 1. The molecule has 6 nitrogen and oxygen atoms in total. The number of carbonyl (C=O) groups excluding carboxylic acids is 2. The molecule has 2 rings (SSSR count). The summed E-state index contributed by atoms with van der Waals surface area (Å²) >= 11 is 0. The molecule has 1 aromatic carbocycles. The fourth-order valence-corrected chi connectivity index (χ4v) is 2.38. The molecule has 21 heavy (non-hydrogen) atoms. The lowest BCUT2D eigenvalue weighted by atomic mass is 10.1. The number of ether oxygens (including phenoxy) is 1. The number of rotatable bonds is 4. The summed E-state index contributed by atoms with van der Waals surface area (Å²) in [6.45, 7) is 1.44. The quantitative estimate of drug-likeness (QED) is 0.872. The predicted octanol–water partition coefficient (Wildman–Crippen LogP) is 1.14. The Morgan fingerprint density at radius 2 is 2.00 bits per heavy atom. The summed E-state index contributed by atoms with van der Waals surface area (Å²) < 4.78 is 4.95. The van der Waals surface area contributed by atoms with Gasteiger partial charge in [0.2, 0.25) is 5.91 Å². The largest absolute Gasteiger partial charge is 0.504 e. The third-order valence-corrected chi connectivity index (χ3v) is 3.57. The van der Waals surface area contributed by atoms with Gasteiger partial charge in [-0.25, -0.2) is 0 Å². The number of likely N-dealkylation sites (tertiary alicyclic amines) is 1. The molecule has 6 heteroatoms. The van der Waals surface area contributed by atoms with Gasteiger partial charge in [-0.15, -0.1) is 0 Å². The molecule has 0 atom stereocenters. The number of para-hydroxylation sites is 1. The first-order valence-corrected chi connectivity index (χ1v) is 7.05. The van der Waals surface area contributed by atoms with Crippen molar-refractivity contribution in [2.45, 2.75) is 19.3 Å². The van der Waals surface area contributed by atoms with E-state index in [1.54, 1.807) is 17.0 Å². The fourth-order valence-electron chi connectivity index (χ4n) is 2.38. The number of benzene rings is 1. The summed E-state index contributed by atoms with van der Waals surface area (Å²) in [4.78, 5) is 25.7. The van der Waals surface area contributed by atoms with Gasteiger partial charge in [-0.05, 0) is 31.4 Å². The maximum atomic E-state index is 12.0. The Hall–Kier alpha value is -2.24. The molecular formula is C15H20N2O4. The summed E-state index contributed by atoms with van der Waals surface area (Å²) in [5.41, 5.74) is 0.0980. The number of piperidine rings is 1. The van der Waals surface area contributed by atoms with E-state index in [1.165, 1.54) is 13.2 Å². The number of nitrogens with one attached hydrogen (secondary N) is 1. The third kappa shape index (κ3) is 3.65. The van der Waals surface area contributed by atoms with Crippen molar-refractivity contribution < 1.29 is 19.4 Å². The second-order valence-electron chi connectivity index (χ2n) is 4.98. The Balaban J connectivity index is 1.94. The first kappa shape index (κ1) is 15.2. The molecule has 2 N–H and O–H groups in total. The van der Waals surface area contributed by atoms with Crippen molar-refractivity contribution in [3.63, 3.8) is 0 Å². The zero-order valence-electron chi connectivity index (χ0n) is 12.1. The summed E-state index contributed by atoms with van der Waals surface area (Å²) in [5, 5.41) is 12.4. The Kier molecular flexibility index (Phi) is 5.03. The van der Waals surface area contributed by atoms with Crippen LogP contribution in [-0.2, 0) is 4.79 Å². The van der Waals surface area contributed by atoms with E-state index in [0.717, 1.165) is 32.4 Å². The Morgan fingerprint density at radius 3 is 2.67 bits per heavy atom. The van der Waals surface area contributed by atoms with E-state index < -0.39 is 5.91 Å². The molecule has 1 saturated heterocycles. The number of hydrogen-bond donors (Lipinski definition) is 2. The molecule has 1 aliphatic heterocycles. The molecule has 0 saturated carbocycles. The minimum absolute atomic E-state index is 0.0600. The zero-order valence-corrected chi connectivity index (χ0v) is 12.1. The molecule has 0 unspecified atom stereocenters. The molecule has 2 amide bonds. The van der Waals surface area contributed by atoms with Crippen LogP contribution in [0.1, 0.15) is 29.6 Å². The van der Waals surface area contributed by atoms with E-state index in [9.17, 15) is 14.7 Å². The Labute approximate surface area is 123 Å². The van der Waals surface area contributed by atoms with Crippen molar-refractivity contribution in [2.75, 3.05) is 26.7 Å². The molecule has 0 spiro atoms. The van der Waals surface area contributed by atoms with Gasteiger partial charge in [0, 0.05) is 13.1 Å². The van der Waals surface area contributed by atoms with Crippen molar-refractivity contribution >= 4 is 11.8 Å². The van der Waals surface area contributed by atoms with E-state index in [2.05, 4.69) is 5.32 Å². The van der Waals surface area contributed by atoms with Gasteiger partial charge in [-0.1, -0.05) is 6.07 Å². The van der Waals surface area contributed by atoms with Crippen LogP contribution < -0.4 is 10.1 Å². The first-order valence-electron chi connectivity index (χ1n) is 7.05. The summed E-state index contributed by atoms with van der Waals surface area (Å²) in [7, 11) is 1.41. The van der Waals surface area contributed by atoms with Gasteiger partial charge >= 0.3 is 0 Å². The third-order valence-electron chi connectivity index (χ3n) is 3.57. The lowest BCUT2D eigenvalue weighted by molar-refractivity contribution is -0.130. The van der Waals surface area contributed by atoms with Gasteiger partial charge in [0.15, 0.2) is 11.5 Å². The average Bonchev–Trinajstić information content (AvgIpc) is 2.53. The van der Waals surface area contributed by atoms with Crippen LogP contribution in [0.15, 0.2) is 18.2 Å². The van der Waals surface area contributed by atoms with E-state index >= 15 is 0 Å². The number of phenolic OH excluding ortho intramolecular Hbond substituents is 1. The molecule has 1 aliphatic rings. The van der Waals surface area contributed by atoms with Crippen LogP contribution in [0.5, 0.6) is 11.5 Å². The summed E-state index contributed by atoms with van der Waals surface area (Å²) in [5.74, 6) is -0.574. The normalized spacial score (nSPS) is 14.6. The number of carbonyl (C=O) groups is 2. The number of aromatic hydroxyl groups is 1. The average molecular weight is 292 g/mol. The summed E-state index contributed by atoms with van der Waals surface area (Å²) in [6.07, 6.45) is 3.17. The lowest BCUT2D eigenvalue weighted by Crippen LogP contribution is -2.42. The minimum atomic E-state index is -0.489. The van der Waals surface area contributed by atoms with Gasteiger partial charge in [0.05, 0.1) is 19.2 Å². The molecule has 0 radical (unpaired) electrons. The highest BCUT2D eigenvalue weighted by Gasteiger charge is 2.19. The van der Waals surface area contributed by atoms with Crippen LogP contribution in [0.2, 0.25) is 0 Å². The molecule has 1 fully saturated rings. The van der Waals surface area contributed by atoms with Crippen LogP contribution in [0.25, 0.3) is 0 Å². The fraction of sp³-hybridized carbons (Fsp3) is 0.467. The predicted molar refractivity (Wildman–Crippen MR) is 77.4 cm³/mol. The Morgan fingerprint density at radius 1 is 1.29 bits per heavy atom. The molecule has 1 heterocycles. The van der Waals surface area contributed by atoms with Crippen molar-refractivity contribution in [1.82, 2.24) is 10.2 Å². The van der Waals surface area contributed by atoms with Crippen molar-refractivity contribution in [3.05, 3.63) is 23.8 Å². The molecule has 0 bridgehead atoms. The van der Waals surface area contributed by atoms with Crippen LogP contribution in [0, 0.1) is 0 Å². The maximum Gasteiger partial charge on any atom is 0.255 e. The molecular weight excluding hydrogens is 272 g/mol. The highest BCUT2D eigenvalue weighted by molar-refractivity contribution is 5.99. The van der Waals surface area contributed by atoms with Crippen LogP contribution in [-0.4, -0.2) is 48.6 Å². The minimum Gasteiger partial charge on any atom is -0.504 e. The van der Waals surface area contributed by atoms with Crippen LogP contribution in [0.3, 0.4) is 0 Å². The maximum absolute atomic E-state index is 12.0. The van der Waals surface area contributed by atoms with E-state index in [4.69, 9.17) is 4.74 Å². The van der Waals surface area contributed by atoms with Gasteiger partial charge in [-0.2, -0.15) is 0 Å². The van der Waals surface area contributed by atoms with Crippen LogP contribution in [0.4, 0.5) is 0 Å². The van der Waals surface area contributed by atoms with Gasteiger partial charge in [0.1, 0.15) is 0 Å². The van der Waals surface area contributed by atoms with Crippen LogP contribution >= 0.6 is 0 Å². The zero-order chi connectivity index (χ0) is 15.2. The van der Waals surface area contributed by atoms with Crippen molar-refractivity contribution in [1.29, 1.82) is 0 Å². The van der Waals surface area contributed by atoms with E-state index in [0.29, 0.717) is 0 Å². The number of amides is 2. The smallest absolute Gasteiger partial charge is 0.255 e. The monoisotopic (exact) mass is 292 g/mol. The topological polar surface area (TPSA) is 78.9 Å². The van der Waals surface area contributed by atoms with Crippen molar-refractivity contribution in [2.24, 2.45) is 0 Å².